The maximum atomic E-state index is 6.04. The Balaban J connectivity index is 1.69. The van der Waals surface area contributed by atoms with E-state index in [4.69, 9.17) is 9.15 Å². The molecule has 0 radical (unpaired) electrons. The van der Waals surface area contributed by atoms with Crippen molar-refractivity contribution in [2.24, 2.45) is 0 Å². The maximum absolute atomic E-state index is 6.04. The van der Waals surface area contributed by atoms with Crippen molar-refractivity contribution in [2.45, 2.75) is 24.7 Å². The molecule has 0 fully saturated rings. The Morgan fingerprint density at radius 2 is 2.05 bits per heavy atom. The van der Waals surface area contributed by atoms with Crippen LogP contribution >= 0.6 is 11.8 Å². The summed E-state index contributed by atoms with van der Waals surface area (Å²) in [7, 11) is 0. The van der Waals surface area contributed by atoms with Crippen LogP contribution in [0.15, 0.2) is 74.3 Å². The zero-order valence-electron chi connectivity index (χ0n) is 12.5. The predicted octanol–water partition coefficient (Wildman–Crippen LogP) is 5.75. The Hall–Kier alpha value is -2.13. The molecular weight excluding hydrogens is 292 g/mol. The summed E-state index contributed by atoms with van der Waals surface area (Å²) < 4.78 is 11.5. The van der Waals surface area contributed by atoms with Crippen molar-refractivity contribution in [3.63, 3.8) is 0 Å². The fourth-order valence-electron chi connectivity index (χ4n) is 2.57. The predicted molar refractivity (Wildman–Crippen MR) is 89.9 cm³/mol. The van der Waals surface area contributed by atoms with E-state index in [0.29, 0.717) is 5.92 Å². The van der Waals surface area contributed by atoms with Gasteiger partial charge >= 0.3 is 0 Å². The van der Waals surface area contributed by atoms with Gasteiger partial charge < -0.3 is 9.15 Å². The van der Waals surface area contributed by atoms with Crippen LogP contribution in [0.1, 0.15) is 31.1 Å². The summed E-state index contributed by atoms with van der Waals surface area (Å²) in [6.45, 7) is 4.42. The molecule has 0 unspecified atom stereocenters. The molecule has 2 aliphatic rings. The summed E-state index contributed by atoms with van der Waals surface area (Å²) in [5, 5.41) is 0. The van der Waals surface area contributed by atoms with Crippen molar-refractivity contribution >= 4 is 17.8 Å². The topological polar surface area (TPSA) is 22.4 Å². The zero-order valence-corrected chi connectivity index (χ0v) is 13.3. The van der Waals surface area contributed by atoms with Gasteiger partial charge in [0.2, 0.25) is 0 Å². The van der Waals surface area contributed by atoms with Gasteiger partial charge in [0.25, 0.3) is 0 Å². The number of thioether (sulfide) groups is 1. The van der Waals surface area contributed by atoms with Crippen molar-refractivity contribution < 1.29 is 9.15 Å². The zero-order chi connectivity index (χ0) is 15.1. The molecule has 0 bridgehead atoms. The third-order valence-electron chi connectivity index (χ3n) is 3.81. The van der Waals surface area contributed by atoms with E-state index in [-0.39, 0.29) is 0 Å². The van der Waals surface area contributed by atoms with Crippen LogP contribution in [-0.4, -0.2) is 0 Å². The highest BCUT2D eigenvalue weighted by Crippen LogP contribution is 2.48. The lowest BCUT2D eigenvalue weighted by atomic mass is 10.0. The van der Waals surface area contributed by atoms with E-state index in [2.05, 4.69) is 38.1 Å². The number of furan rings is 1. The monoisotopic (exact) mass is 308 g/mol. The second-order valence-electron chi connectivity index (χ2n) is 5.71. The molecule has 0 saturated heterocycles. The SMILES string of the molecule is CC(C)c1ccc2c(c1)SC1=C(C=C/C1=C\c1ccco1)O2. The summed E-state index contributed by atoms with van der Waals surface area (Å²) in [6.07, 6.45) is 7.84. The van der Waals surface area contributed by atoms with Gasteiger partial charge in [0.05, 0.1) is 16.1 Å². The average Bonchev–Trinajstić information content (AvgIpc) is 3.15. The summed E-state index contributed by atoms with van der Waals surface area (Å²) in [4.78, 5) is 2.34. The Kier molecular flexibility index (Phi) is 3.23. The lowest BCUT2D eigenvalue weighted by Gasteiger charge is -2.20. The molecule has 110 valence electrons. The highest BCUT2D eigenvalue weighted by molar-refractivity contribution is 8.03. The molecule has 0 atom stereocenters. The third kappa shape index (κ3) is 2.32. The smallest absolute Gasteiger partial charge is 0.142 e. The Morgan fingerprint density at radius 3 is 2.82 bits per heavy atom. The first-order chi connectivity index (χ1) is 10.7. The van der Waals surface area contributed by atoms with E-state index in [1.807, 2.05) is 24.3 Å². The fraction of sp³-hybridized carbons (Fsp3) is 0.158. The minimum Gasteiger partial charge on any atom is -0.465 e. The van der Waals surface area contributed by atoms with Crippen LogP contribution in [0, 0.1) is 0 Å². The van der Waals surface area contributed by atoms with E-state index in [0.717, 1.165) is 27.7 Å². The molecule has 2 heterocycles. The number of ether oxygens (including phenoxy) is 1. The molecule has 3 heteroatoms. The lowest BCUT2D eigenvalue weighted by molar-refractivity contribution is 0.430. The summed E-state index contributed by atoms with van der Waals surface area (Å²) >= 11 is 1.77. The van der Waals surface area contributed by atoms with Gasteiger partial charge in [-0.2, -0.15) is 0 Å². The molecule has 4 rings (SSSR count). The lowest BCUT2D eigenvalue weighted by Crippen LogP contribution is -2.01. The normalized spacial score (nSPS) is 17.9. The van der Waals surface area contributed by atoms with Crippen molar-refractivity contribution in [3.05, 3.63) is 76.3 Å². The molecule has 1 aliphatic carbocycles. The largest absolute Gasteiger partial charge is 0.465 e. The van der Waals surface area contributed by atoms with Crippen molar-refractivity contribution in [1.82, 2.24) is 0 Å². The average molecular weight is 308 g/mol. The van der Waals surface area contributed by atoms with Gasteiger partial charge in [0, 0.05) is 0 Å². The number of hydrogen-bond donors (Lipinski definition) is 0. The van der Waals surface area contributed by atoms with Gasteiger partial charge in [-0.3, -0.25) is 0 Å². The van der Waals surface area contributed by atoms with Gasteiger partial charge in [-0.1, -0.05) is 31.7 Å². The van der Waals surface area contributed by atoms with Gasteiger partial charge in [-0.05, 0) is 59.5 Å². The fourth-order valence-corrected chi connectivity index (χ4v) is 3.65. The standard InChI is InChI=1S/C19H16O2S/c1-12(2)13-5-7-16-18(11-13)22-19-14(6-8-17(19)21-16)10-15-4-3-9-20-15/h3-12H,1-2H3/b14-10+. The highest BCUT2D eigenvalue weighted by Gasteiger charge is 2.25. The first kappa shape index (κ1) is 13.5. The highest BCUT2D eigenvalue weighted by atomic mass is 32.2. The number of allylic oxidation sites excluding steroid dienone is 3. The molecule has 0 saturated carbocycles. The molecule has 1 aromatic heterocycles. The molecule has 0 amide bonds. The second kappa shape index (κ2) is 5.25. The Bertz CT molecular complexity index is 808. The van der Waals surface area contributed by atoms with Gasteiger partial charge in [-0.15, -0.1) is 0 Å². The van der Waals surface area contributed by atoms with Crippen LogP contribution < -0.4 is 4.74 Å². The number of fused-ring (bicyclic) bond motifs is 1. The third-order valence-corrected chi connectivity index (χ3v) is 4.99. The molecule has 2 nitrogen and oxygen atoms in total. The van der Waals surface area contributed by atoms with Crippen LogP contribution in [0.25, 0.3) is 6.08 Å². The molecular formula is C19H16O2S. The Labute approximate surface area is 134 Å². The molecule has 1 aromatic carbocycles. The van der Waals surface area contributed by atoms with Crippen LogP contribution in [0.3, 0.4) is 0 Å². The summed E-state index contributed by atoms with van der Waals surface area (Å²) in [5.74, 6) is 3.24. The van der Waals surface area contributed by atoms with E-state index in [9.17, 15) is 0 Å². The van der Waals surface area contributed by atoms with Crippen LogP contribution in [0.5, 0.6) is 5.75 Å². The van der Waals surface area contributed by atoms with Gasteiger partial charge in [0.15, 0.2) is 0 Å². The van der Waals surface area contributed by atoms with Crippen LogP contribution in [0.2, 0.25) is 0 Å². The molecule has 0 spiro atoms. The van der Waals surface area contributed by atoms with Crippen molar-refractivity contribution in [2.75, 3.05) is 0 Å². The Morgan fingerprint density at radius 1 is 1.14 bits per heavy atom. The quantitative estimate of drug-likeness (QED) is 0.705. The number of benzene rings is 1. The van der Waals surface area contributed by atoms with E-state index in [1.54, 1.807) is 18.0 Å². The second-order valence-corrected chi connectivity index (χ2v) is 6.76. The number of hydrogen-bond acceptors (Lipinski definition) is 3. The number of rotatable bonds is 2. The minimum atomic E-state index is 0.515. The summed E-state index contributed by atoms with van der Waals surface area (Å²) in [5.41, 5.74) is 2.47. The molecule has 2 aromatic rings. The maximum Gasteiger partial charge on any atom is 0.142 e. The minimum absolute atomic E-state index is 0.515. The molecule has 1 aliphatic heterocycles. The summed E-state index contributed by atoms with van der Waals surface area (Å²) in [6, 6.07) is 10.3. The molecule has 0 N–H and O–H groups in total. The van der Waals surface area contributed by atoms with E-state index >= 15 is 0 Å². The van der Waals surface area contributed by atoms with Crippen molar-refractivity contribution in [3.8, 4) is 5.75 Å². The van der Waals surface area contributed by atoms with Crippen LogP contribution in [0.4, 0.5) is 0 Å². The van der Waals surface area contributed by atoms with Gasteiger partial charge in [0.1, 0.15) is 17.3 Å². The first-order valence-corrected chi connectivity index (χ1v) is 8.20. The van der Waals surface area contributed by atoms with Crippen LogP contribution in [-0.2, 0) is 0 Å². The first-order valence-electron chi connectivity index (χ1n) is 7.38. The van der Waals surface area contributed by atoms with Crippen molar-refractivity contribution in [1.29, 1.82) is 0 Å². The molecule has 22 heavy (non-hydrogen) atoms. The van der Waals surface area contributed by atoms with Gasteiger partial charge in [-0.25, -0.2) is 0 Å². The van der Waals surface area contributed by atoms with E-state index < -0.39 is 0 Å². The van der Waals surface area contributed by atoms with E-state index in [1.165, 1.54) is 10.5 Å².